The normalized spacial score (nSPS) is 19.9. The monoisotopic (exact) mass is 295 g/mol. The minimum absolute atomic E-state index is 0.106. The number of hydrogen-bond acceptors (Lipinski definition) is 1. The highest BCUT2D eigenvalue weighted by atomic mass is 19.4. The van der Waals surface area contributed by atoms with E-state index in [1.54, 1.807) is 0 Å². The minimum Gasteiger partial charge on any atom is -0.342 e. The summed E-state index contributed by atoms with van der Waals surface area (Å²) in [6, 6.07) is 8.07. The van der Waals surface area contributed by atoms with Crippen LogP contribution < -0.4 is 0 Å². The van der Waals surface area contributed by atoms with E-state index in [1.165, 1.54) is 16.0 Å². The zero-order valence-corrected chi connectivity index (χ0v) is 11.5. The van der Waals surface area contributed by atoms with E-state index < -0.39 is 18.5 Å². The van der Waals surface area contributed by atoms with E-state index in [1.807, 2.05) is 18.2 Å². The fourth-order valence-electron chi connectivity index (χ4n) is 3.31. The van der Waals surface area contributed by atoms with Gasteiger partial charge in [-0.15, -0.1) is 0 Å². The van der Waals surface area contributed by atoms with Gasteiger partial charge in [-0.25, -0.2) is 0 Å². The van der Waals surface area contributed by atoms with Crippen molar-refractivity contribution in [1.82, 2.24) is 4.90 Å². The number of likely N-dealkylation sites (tertiary alicyclic amines) is 1. The lowest BCUT2D eigenvalue weighted by Crippen LogP contribution is -2.45. The third-order valence-electron chi connectivity index (χ3n) is 4.44. The lowest BCUT2D eigenvalue weighted by atomic mass is 9.74. The third-order valence-corrected chi connectivity index (χ3v) is 4.44. The highest BCUT2D eigenvalue weighted by molar-refractivity contribution is 5.77. The first-order chi connectivity index (χ1) is 9.90. The third kappa shape index (κ3) is 2.69. The van der Waals surface area contributed by atoms with Crippen molar-refractivity contribution in [3.8, 4) is 0 Å². The van der Waals surface area contributed by atoms with E-state index >= 15 is 0 Å². The zero-order valence-electron chi connectivity index (χ0n) is 11.5. The second kappa shape index (κ2) is 4.90. The maximum absolute atomic E-state index is 12.3. The van der Waals surface area contributed by atoms with E-state index in [4.69, 9.17) is 0 Å². The maximum atomic E-state index is 12.3. The van der Waals surface area contributed by atoms with Crippen molar-refractivity contribution in [2.24, 2.45) is 0 Å². The number of piperidine rings is 1. The van der Waals surface area contributed by atoms with Crippen molar-refractivity contribution in [2.45, 2.75) is 30.9 Å². The highest BCUT2D eigenvalue weighted by Gasteiger charge is 2.40. The topological polar surface area (TPSA) is 20.3 Å². The number of hydrogen-bond donors (Lipinski definition) is 0. The van der Waals surface area contributed by atoms with Gasteiger partial charge in [0.2, 0.25) is 5.91 Å². The molecule has 21 heavy (non-hydrogen) atoms. The highest BCUT2D eigenvalue weighted by Crippen LogP contribution is 2.43. The summed E-state index contributed by atoms with van der Waals surface area (Å²) < 4.78 is 36.9. The van der Waals surface area contributed by atoms with Crippen molar-refractivity contribution in [1.29, 1.82) is 0 Å². The van der Waals surface area contributed by atoms with E-state index in [2.05, 4.69) is 18.2 Å². The van der Waals surface area contributed by atoms with Gasteiger partial charge in [0, 0.05) is 18.5 Å². The Morgan fingerprint density at radius 3 is 2.52 bits per heavy atom. The molecular weight excluding hydrogens is 279 g/mol. The summed E-state index contributed by atoms with van der Waals surface area (Å²) in [5, 5.41) is 0. The lowest BCUT2D eigenvalue weighted by Gasteiger charge is -2.39. The Hall–Kier alpha value is -1.78. The van der Waals surface area contributed by atoms with Gasteiger partial charge in [0.1, 0.15) is 6.42 Å². The number of rotatable bonds is 1. The van der Waals surface area contributed by atoms with E-state index in [0.29, 0.717) is 25.9 Å². The Balaban J connectivity index is 1.69. The number of amides is 1. The molecule has 0 N–H and O–H groups in total. The predicted octanol–water partition coefficient (Wildman–Crippen LogP) is 3.53. The summed E-state index contributed by atoms with van der Waals surface area (Å²) in [4.78, 5) is 13.0. The maximum Gasteiger partial charge on any atom is 0.397 e. The molecule has 1 aliphatic carbocycles. The standard InChI is InChI=1S/C16H16F3NO/c17-16(18,19)11-14(21)20-9-7-15(8-10-20)6-5-12-3-1-2-4-13(12)15/h1-6H,7-11H2. The Morgan fingerprint density at radius 2 is 1.86 bits per heavy atom. The molecule has 0 unspecified atom stereocenters. The number of allylic oxidation sites excluding steroid dienone is 1. The molecule has 1 fully saturated rings. The van der Waals surface area contributed by atoms with E-state index in [0.717, 1.165) is 0 Å². The SMILES string of the molecule is O=C(CC(F)(F)F)N1CCC2(C=Cc3ccccc32)CC1. The fraction of sp³-hybridized carbons (Fsp3) is 0.438. The molecule has 112 valence electrons. The molecule has 1 amide bonds. The average molecular weight is 295 g/mol. The van der Waals surface area contributed by atoms with Gasteiger partial charge in [0.05, 0.1) is 0 Å². The van der Waals surface area contributed by atoms with Crippen LogP contribution in [0.4, 0.5) is 13.2 Å². The van der Waals surface area contributed by atoms with Gasteiger partial charge in [0.15, 0.2) is 0 Å². The Kier molecular flexibility index (Phi) is 3.30. The molecule has 3 rings (SSSR count). The second-order valence-corrected chi connectivity index (χ2v) is 5.75. The van der Waals surface area contributed by atoms with Crippen molar-refractivity contribution in [3.63, 3.8) is 0 Å². The molecule has 0 atom stereocenters. The predicted molar refractivity (Wildman–Crippen MR) is 73.6 cm³/mol. The average Bonchev–Trinajstić information content (AvgIpc) is 2.77. The van der Waals surface area contributed by atoms with Gasteiger partial charge in [-0.2, -0.15) is 13.2 Å². The molecule has 1 aromatic carbocycles. The van der Waals surface area contributed by atoms with Crippen molar-refractivity contribution in [3.05, 3.63) is 41.5 Å². The Morgan fingerprint density at radius 1 is 1.19 bits per heavy atom. The smallest absolute Gasteiger partial charge is 0.342 e. The van der Waals surface area contributed by atoms with Crippen LogP contribution in [0.2, 0.25) is 0 Å². The number of halogens is 3. The van der Waals surface area contributed by atoms with Gasteiger partial charge in [0.25, 0.3) is 0 Å². The first kappa shape index (κ1) is 14.2. The van der Waals surface area contributed by atoms with Gasteiger partial charge in [-0.3, -0.25) is 4.79 Å². The molecule has 1 heterocycles. The van der Waals surface area contributed by atoms with Gasteiger partial charge >= 0.3 is 6.18 Å². The molecule has 5 heteroatoms. The Labute approximate surface area is 121 Å². The largest absolute Gasteiger partial charge is 0.397 e. The fourth-order valence-corrected chi connectivity index (χ4v) is 3.31. The van der Waals surface area contributed by atoms with Crippen molar-refractivity contribution >= 4 is 12.0 Å². The number of carbonyl (C=O) groups is 1. The molecule has 0 radical (unpaired) electrons. The van der Waals surface area contributed by atoms with E-state index in [-0.39, 0.29) is 5.41 Å². The number of fused-ring (bicyclic) bond motifs is 2. The summed E-state index contributed by atoms with van der Waals surface area (Å²) in [5.74, 6) is -0.812. The molecule has 0 bridgehead atoms. The van der Waals surface area contributed by atoms with Crippen LogP contribution in [0, 0.1) is 0 Å². The van der Waals surface area contributed by atoms with Crippen molar-refractivity contribution in [2.75, 3.05) is 13.1 Å². The molecular formula is C16H16F3NO. The molecule has 1 saturated heterocycles. The molecule has 1 aliphatic heterocycles. The number of alkyl halides is 3. The minimum atomic E-state index is -4.42. The summed E-state index contributed by atoms with van der Waals surface area (Å²) in [7, 11) is 0. The Bertz CT molecular complexity index is 583. The van der Waals surface area contributed by atoms with Gasteiger partial charge in [-0.05, 0) is 24.0 Å². The lowest BCUT2D eigenvalue weighted by molar-refractivity contribution is -0.162. The molecule has 1 spiro atoms. The van der Waals surface area contributed by atoms with Gasteiger partial charge in [-0.1, -0.05) is 36.4 Å². The summed E-state index contributed by atoms with van der Waals surface area (Å²) in [6.45, 7) is 0.765. The van der Waals surface area contributed by atoms with Crippen LogP contribution in [0.1, 0.15) is 30.4 Å². The molecule has 1 aromatic rings. The molecule has 0 aromatic heterocycles. The first-order valence-electron chi connectivity index (χ1n) is 7.03. The van der Waals surface area contributed by atoms with Gasteiger partial charge < -0.3 is 4.90 Å². The molecule has 2 aliphatic rings. The number of nitrogens with zero attached hydrogens (tertiary/aromatic N) is 1. The van der Waals surface area contributed by atoms with Crippen molar-refractivity contribution < 1.29 is 18.0 Å². The van der Waals surface area contributed by atoms with E-state index in [9.17, 15) is 18.0 Å². The van der Waals surface area contributed by atoms with Crippen LogP contribution in [0.25, 0.3) is 6.08 Å². The molecule has 0 saturated carbocycles. The quantitative estimate of drug-likeness (QED) is 0.776. The van der Waals surface area contributed by atoms with Crippen LogP contribution >= 0.6 is 0 Å². The van der Waals surface area contributed by atoms with Crippen LogP contribution in [0.15, 0.2) is 30.3 Å². The number of benzene rings is 1. The van der Waals surface area contributed by atoms with Crippen LogP contribution in [-0.4, -0.2) is 30.1 Å². The summed E-state index contributed by atoms with van der Waals surface area (Å²) >= 11 is 0. The second-order valence-electron chi connectivity index (χ2n) is 5.75. The summed E-state index contributed by atoms with van der Waals surface area (Å²) in [5.41, 5.74) is 2.30. The van der Waals surface area contributed by atoms with Crippen LogP contribution in [0.5, 0.6) is 0 Å². The summed E-state index contributed by atoms with van der Waals surface area (Å²) in [6.07, 6.45) is -0.196. The van der Waals surface area contributed by atoms with Crippen LogP contribution in [0.3, 0.4) is 0 Å². The molecule has 2 nitrogen and oxygen atoms in total. The zero-order chi connectivity index (χ0) is 15.1. The first-order valence-corrected chi connectivity index (χ1v) is 7.03. The van der Waals surface area contributed by atoms with Crippen LogP contribution in [-0.2, 0) is 10.2 Å². The number of carbonyl (C=O) groups excluding carboxylic acids is 1.